The molecule has 102 valence electrons. The van der Waals surface area contributed by atoms with Gasteiger partial charge >= 0.3 is 0 Å². The zero-order valence-corrected chi connectivity index (χ0v) is 12.2. The van der Waals surface area contributed by atoms with E-state index in [2.05, 4.69) is 5.32 Å². The van der Waals surface area contributed by atoms with E-state index in [1.807, 2.05) is 13.0 Å². The maximum Gasteiger partial charge on any atom is 0.121 e. The van der Waals surface area contributed by atoms with Gasteiger partial charge in [0.05, 0.1) is 10.0 Å². The Hall–Kier alpha value is -0.480. The van der Waals surface area contributed by atoms with Gasteiger partial charge in [0, 0.05) is 26.3 Å². The third-order valence-electron chi connectivity index (χ3n) is 2.36. The zero-order valence-electron chi connectivity index (χ0n) is 10.7. The molecule has 1 N–H and O–H groups in total. The normalized spacial score (nSPS) is 12.4. The molecule has 0 spiro atoms. The summed E-state index contributed by atoms with van der Waals surface area (Å²) in [6.07, 6.45) is 1.07. The van der Waals surface area contributed by atoms with Crippen LogP contribution in [0.4, 0.5) is 0 Å². The van der Waals surface area contributed by atoms with E-state index >= 15 is 0 Å². The third-order valence-corrected chi connectivity index (χ3v) is 3.10. The Labute approximate surface area is 118 Å². The first kappa shape index (κ1) is 15.6. The first-order chi connectivity index (χ1) is 8.63. The van der Waals surface area contributed by atoms with Gasteiger partial charge in [-0.05, 0) is 32.0 Å². The molecule has 1 rings (SSSR count). The quantitative estimate of drug-likeness (QED) is 0.745. The standard InChI is InChI=1S/C13H19Cl2NO2/c1-10(9-16-6-3-7-17-2)18-11-4-5-12(14)13(15)8-11/h4-5,8,10,16H,3,6-7,9H2,1-2H3. The molecule has 5 heteroatoms. The highest BCUT2D eigenvalue weighted by Gasteiger charge is 2.05. The summed E-state index contributed by atoms with van der Waals surface area (Å²) < 4.78 is 10.7. The largest absolute Gasteiger partial charge is 0.489 e. The number of halogens is 2. The van der Waals surface area contributed by atoms with E-state index in [1.165, 1.54) is 0 Å². The van der Waals surface area contributed by atoms with Crippen molar-refractivity contribution in [3.05, 3.63) is 28.2 Å². The lowest BCUT2D eigenvalue weighted by Crippen LogP contribution is -2.30. The predicted molar refractivity (Wildman–Crippen MR) is 75.9 cm³/mol. The average molecular weight is 292 g/mol. The van der Waals surface area contributed by atoms with Crippen LogP contribution < -0.4 is 10.1 Å². The molecular formula is C13H19Cl2NO2. The van der Waals surface area contributed by atoms with Crippen molar-refractivity contribution in [2.45, 2.75) is 19.4 Å². The van der Waals surface area contributed by atoms with Crippen LogP contribution in [0.3, 0.4) is 0 Å². The number of ether oxygens (including phenoxy) is 2. The fraction of sp³-hybridized carbons (Fsp3) is 0.538. The average Bonchev–Trinajstić information content (AvgIpc) is 2.34. The molecule has 0 heterocycles. The molecule has 1 aromatic carbocycles. The van der Waals surface area contributed by atoms with Crippen molar-refractivity contribution < 1.29 is 9.47 Å². The van der Waals surface area contributed by atoms with Crippen LogP contribution in [0.25, 0.3) is 0 Å². The summed E-state index contributed by atoms with van der Waals surface area (Å²) in [6, 6.07) is 5.28. The van der Waals surface area contributed by atoms with Crippen LogP contribution in [-0.4, -0.2) is 32.9 Å². The minimum atomic E-state index is 0.0739. The molecule has 0 radical (unpaired) electrons. The molecule has 18 heavy (non-hydrogen) atoms. The van der Waals surface area contributed by atoms with Crippen LogP contribution in [0.5, 0.6) is 5.75 Å². The van der Waals surface area contributed by atoms with Crippen LogP contribution in [0.1, 0.15) is 13.3 Å². The summed E-state index contributed by atoms with van der Waals surface area (Å²) in [5.74, 6) is 0.732. The van der Waals surface area contributed by atoms with E-state index < -0.39 is 0 Å². The lowest BCUT2D eigenvalue weighted by atomic mass is 10.3. The molecule has 3 nitrogen and oxygen atoms in total. The van der Waals surface area contributed by atoms with Crippen molar-refractivity contribution in [3.63, 3.8) is 0 Å². The second kappa shape index (κ2) is 8.59. The number of nitrogens with one attached hydrogen (secondary N) is 1. The fourth-order valence-electron chi connectivity index (χ4n) is 1.47. The van der Waals surface area contributed by atoms with Crippen LogP contribution >= 0.6 is 23.2 Å². The minimum absolute atomic E-state index is 0.0739. The molecule has 1 aromatic rings. The first-order valence-electron chi connectivity index (χ1n) is 5.95. The monoisotopic (exact) mass is 291 g/mol. The summed E-state index contributed by atoms with van der Waals surface area (Å²) in [4.78, 5) is 0. The van der Waals surface area contributed by atoms with Crippen LogP contribution in [0.15, 0.2) is 18.2 Å². The molecule has 0 aliphatic rings. The predicted octanol–water partition coefficient (Wildman–Crippen LogP) is 3.39. The lowest BCUT2D eigenvalue weighted by Gasteiger charge is -2.15. The molecular weight excluding hydrogens is 273 g/mol. The van der Waals surface area contributed by atoms with Gasteiger partial charge < -0.3 is 14.8 Å². The molecule has 1 atom stereocenters. The van der Waals surface area contributed by atoms with Crippen molar-refractivity contribution in [1.29, 1.82) is 0 Å². The summed E-state index contributed by atoms with van der Waals surface area (Å²) >= 11 is 11.8. The van der Waals surface area contributed by atoms with Gasteiger partial charge in [-0.15, -0.1) is 0 Å². The van der Waals surface area contributed by atoms with Gasteiger partial charge in [0.2, 0.25) is 0 Å². The smallest absolute Gasteiger partial charge is 0.121 e. The number of rotatable bonds is 8. The van der Waals surface area contributed by atoms with Crippen molar-refractivity contribution in [3.8, 4) is 5.75 Å². The molecule has 1 unspecified atom stereocenters. The first-order valence-corrected chi connectivity index (χ1v) is 6.70. The molecule has 0 amide bonds. The highest BCUT2D eigenvalue weighted by atomic mass is 35.5. The SMILES string of the molecule is COCCCNCC(C)Oc1ccc(Cl)c(Cl)c1. The topological polar surface area (TPSA) is 30.5 Å². The van der Waals surface area contributed by atoms with Gasteiger partial charge in [0.15, 0.2) is 0 Å². The Morgan fingerprint density at radius 2 is 2.06 bits per heavy atom. The van der Waals surface area contributed by atoms with Crippen molar-refractivity contribution >= 4 is 23.2 Å². The van der Waals surface area contributed by atoms with E-state index in [9.17, 15) is 0 Å². The molecule has 0 saturated heterocycles. The number of hydrogen-bond donors (Lipinski definition) is 1. The molecule has 0 aliphatic carbocycles. The number of hydrogen-bond acceptors (Lipinski definition) is 3. The van der Waals surface area contributed by atoms with Crippen LogP contribution in [-0.2, 0) is 4.74 Å². The summed E-state index contributed by atoms with van der Waals surface area (Å²) in [7, 11) is 1.70. The summed E-state index contributed by atoms with van der Waals surface area (Å²) in [6.45, 7) is 4.48. The minimum Gasteiger partial charge on any atom is -0.489 e. The molecule has 0 fully saturated rings. The second-order valence-corrected chi connectivity index (χ2v) is 4.87. The third kappa shape index (κ3) is 5.91. The summed E-state index contributed by atoms with van der Waals surface area (Å²) in [5, 5.41) is 4.35. The van der Waals surface area contributed by atoms with Crippen molar-refractivity contribution in [2.75, 3.05) is 26.8 Å². The van der Waals surface area contributed by atoms with Crippen LogP contribution in [0, 0.1) is 0 Å². The van der Waals surface area contributed by atoms with Gasteiger partial charge in [-0.3, -0.25) is 0 Å². The highest BCUT2D eigenvalue weighted by molar-refractivity contribution is 6.42. The number of methoxy groups -OCH3 is 1. The van der Waals surface area contributed by atoms with Gasteiger partial charge in [-0.2, -0.15) is 0 Å². The molecule has 0 saturated carbocycles. The maximum atomic E-state index is 5.92. The zero-order chi connectivity index (χ0) is 13.4. The van der Waals surface area contributed by atoms with E-state index in [-0.39, 0.29) is 6.10 Å². The Morgan fingerprint density at radius 3 is 2.72 bits per heavy atom. The maximum absolute atomic E-state index is 5.92. The van der Waals surface area contributed by atoms with E-state index in [0.717, 1.165) is 31.9 Å². The van der Waals surface area contributed by atoms with E-state index in [4.69, 9.17) is 32.7 Å². The summed E-state index contributed by atoms with van der Waals surface area (Å²) in [5.41, 5.74) is 0. The fourth-order valence-corrected chi connectivity index (χ4v) is 1.76. The Morgan fingerprint density at radius 1 is 1.28 bits per heavy atom. The molecule has 0 aromatic heterocycles. The molecule has 0 bridgehead atoms. The Balaban J connectivity index is 2.26. The van der Waals surface area contributed by atoms with Gasteiger partial charge in [-0.25, -0.2) is 0 Å². The Kier molecular flexibility index (Phi) is 7.44. The lowest BCUT2D eigenvalue weighted by molar-refractivity contribution is 0.188. The second-order valence-electron chi connectivity index (χ2n) is 4.05. The van der Waals surface area contributed by atoms with Gasteiger partial charge in [0.25, 0.3) is 0 Å². The highest BCUT2D eigenvalue weighted by Crippen LogP contribution is 2.26. The van der Waals surface area contributed by atoms with Gasteiger partial charge in [0.1, 0.15) is 11.9 Å². The van der Waals surface area contributed by atoms with E-state index in [1.54, 1.807) is 19.2 Å². The molecule has 0 aliphatic heterocycles. The van der Waals surface area contributed by atoms with Crippen molar-refractivity contribution in [2.24, 2.45) is 0 Å². The van der Waals surface area contributed by atoms with Crippen molar-refractivity contribution in [1.82, 2.24) is 5.32 Å². The van der Waals surface area contributed by atoms with Gasteiger partial charge in [-0.1, -0.05) is 23.2 Å². The number of benzene rings is 1. The Bertz CT molecular complexity index is 361. The van der Waals surface area contributed by atoms with Crippen LogP contribution in [0.2, 0.25) is 10.0 Å². The van der Waals surface area contributed by atoms with E-state index in [0.29, 0.717) is 10.0 Å².